The van der Waals surface area contributed by atoms with Crippen LogP contribution in [0.3, 0.4) is 0 Å². The molecule has 7 heteroatoms. The van der Waals surface area contributed by atoms with Gasteiger partial charge in [0.05, 0.1) is 24.9 Å². The fourth-order valence-corrected chi connectivity index (χ4v) is 7.33. The van der Waals surface area contributed by atoms with E-state index < -0.39 is 0 Å². The van der Waals surface area contributed by atoms with Crippen LogP contribution in [0.15, 0.2) is 71.8 Å². The zero-order valence-electron chi connectivity index (χ0n) is 21.2. The molecule has 2 aliphatic rings. The SMILES string of the molecule is CCOc1ccc(NC(=O)N2Cc3c(sc4c3CCCC4)-n3cccc3[C@H]2c2ccc(SC)cc2)cc1. The minimum absolute atomic E-state index is 0.0977. The zero-order chi connectivity index (χ0) is 25.4. The molecule has 6 rings (SSSR count). The number of ether oxygens (including phenoxy) is 1. The van der Waals surface area contributed by atoms with Crippen LogP contribution in [0.2, 0.25) is 0 Å². The molecule has 1 aliphatic heterocycles. The number of thiophene rings is 1. The summed E-state index contributed by atoms with van der Waals surface area (Å²) in [5.74, 6) is 0.800. The van der Waals surface area contributed by atoms with Gasteiger partial charge in [0, 0.05) is 27.2 Å². The van der Waals surface area contributed by atoms with Crippen molar-refractivity contribution in [2.24, 2.45) is 0 Å². The third-order valence-electron chi connectivity index (χ3n) is 7.29. The van der Waals surface area contributed by atoms with Crippen LogP contribution in [0.5, 0.6) is 5.75 Å². The summed E-state index contributed by atoms with van der Waals surface area (Å²) in [5, 5.41) is 4.45. The van der Waals surface area contributed by atoms with Gasteiger partial charge < -0.3 is 19.5 Å². The Morgan fingerprint density at radius 2 is 1.84 bits per heavy atom. The molecule has 2 aromatic heterocycles. The lowest BCUT2D eigenvalue weighted by molar-refractivity contribution is 0.194. The second kappa shape index (κ2) is 10.3. The number of nitrogens with zero attached hydrogens (tertiary/aromatic N) is 2. The smallest absolute Gasteiger partial charge is 0.322 e. The van der Waals surface area contributed by atoms with Gasteiger partial charge in [0.15, 0.2) is 0 Å². The number of thioether (sulfide) groups is 1. The van der Waals surface area contributed by atoms with Crippen LogP contribution < -0.4 is 10.1 Å². The number of urea groups is 1. The van der Waals surface area contributed by atoms with Crippen molar-refractivity contribution >= 4 is 34.8 Å². The van der Waals surface area contributed by atoms with E-state index in [1.807, 2.05) is 47.4 Å². The van der Waals surface area contributed by atoms with Gasteiger partial charge in [-0.05, 0) is 98.5 Å². The third-order valence-corrected chi connectivity index (χ3v) is 9.36. The molecule has 4 aromatic rings. The van der Waals surface area contributed by atoms with Crippen LogP contribution in [-0.4, -0.2) is 28.4 Å². The van der Waals surface area contributed by atoms with Crippen molar-refractivity contribution in [3.8, 4) is 10.8 Å². The summed E-state index contributed by atoms with van der Waals surface area (Å²) in [5.41, 5.74) is 5.77. The summed E-state index contributed by atoms with van der Waals surface area (Å²) in [7, 11) is 0. The Hall–Kier alpha value is -3.16. The van der Waals surface area contributed by atoms with Crippen LogP contribution in [0.25, 0.3) is 5.00 Å². The maximum Gasteiger partial charge on any atom is 0.322 e. The van der Waals surface area contributed by atoms with Crippen molar-refractivity contribution < 1.29 is 9.53 Å². The van der Waals surface area contributed by atoms with E-state index in [1.54, 1.807) is 11.8 Å². The van der Waals surface area contributed by atoms with Crippen molar-refractivity contribution in [1.29, 1.82) is 0 Å². The molecule has 0 spiro atoms. The first-order valence-corrected chi connectivity index (χ1v) is 15.0. The molecule has 2 aromatic carbocycles. The molecule has 1 atom stereocenters. The van der Waals surface area contributed by atoms with E-state index in [9.17, 15) is 4.79 Å². The first kappa shape index (κ1) is 24.2. The number of carbonyl (C=O) groups excluding carboxylic acids is 1. The lowest BCUT2D eigenvalue weighted by Gasteiger charge is -2.31. The predicted octanol–water partition coefficient (Wildman–Crippen LogP) is 7.68. The quantitative estimate of drug-likeness (QED) is 0.270. The highest BCUT2D eigenvalue weighted by Crippen LogP contribution is 2.44. The van der Waals surface area contributed by atoms with E-state index >= 15 is 0 Å². The fraction of sp³-hybridized carbons (Fsp3) is 0.300. The van der Waals surface area contributed by atoms with Crippen LogP contribution in [-0.2, 0) is 19.4 Å². The van der Waals surface area contributed by atoms with Gasteiger partial charge in [-0.25, -0.2) is 4.79 Å². The second-order valence-electron chi connectivity index (χ2n) is 9.49. The number of aromatic nitrogens is 1. The standard InChI is InChI=1S/C30H31N3O2S2/c1-3-35-22-14-12-21(13-15-22)31-30(34)33-19-25-24-7-4-5-9-27(24)37-29(25)32-18-6-8-26(32)28(33)20-10-16-23(36-2)17-11-20/h6,8,10-18,28H,3-5,7,9,19H2,1-2H3,(H,31,34)/t28-/m1/s1. The molecule has 37 heavy (non-hydrogen) atoms. The average Bonchev–Trinajstić information content (AvgIpc) is 3.52. The van der Waals surface area contributed by atoms with Crippen molar-refractivity contribution in [3.63, 3.8) is 0 Å². The number of anilines is 1. The van der Waals surface area contributed by atoms with Crippen molar-refractivity contribution in [2.45, 2.75) is 50.1 Å². The van der Waals surface area contributed by atoms with Gasteiger partial charge in [-0.15, -0.1) is 23.1 Å². The molecule has 1 aliphatic carbocycles. The maximum atomic E-state index is 14.0. The lowest BCUT2D eigenvalue weighted by Crippen LogP contribution is -2.38. The Kier molecular flexibility index (Phi) is 6.74. The summed E-state index contributed by atoms with van der Waals surface area (Å²) in [6.45, 7) is 3.16. The molecular formula is C30H31N3O2S2. The predicted molar refractivity (Wildman–Crippen MR) is 153 cm³/mol. The minimum Gasteiger partial charge on any atom is -0.494 e. The highest BCUT2D eigenvalue weighted by atomic mass is 32.2. The molecule has 0 saturated carbocycles. The molecule has 0 unspecified atom stereocenters. The number of benzene rings is 2. The van der Waals surface area contributed by atoms with Crippen molar-refractivity contribution in [1.82, 2.24) is 9.47 Å². The normalized spacial score (nSPS) is 16.4. The summed E-state index contributed by atoms with van der Waals surface area (Å²) >= 11 is 3.64. The molecule has 0 fully saturated rings. The second-order valence-corrected chi connectivity index (χ2v) is 11.5. The van der Waals surface area contributed by atoms with Gasteiger partial charge >= 0.3 is 6.03 Å². The van der Waals surface area contributed by atoms with Gasteiger partial charge in [-0.3, -0.25) is 0 Å². The molecular weight excluding hydrogens is 498 g/mol. The molecule has 0 saturated heterocycles. The summed E-state index contributed by atoms with van der Waals surface area (Å²) < 4.78 is 7.91. The minimum atomic E-state index is -0.201. The van der Waals surface area contributed by atoms with E-state index in [2.05, 4.69) is 58.7 Å². The Morgan fingerprint density at radius 3 is 2.59 bits per heavy atom. The Bertz CT molecular complexity index is 1410. The largest absolute Gasteiger partial charge is 0.494 e. The van der Waals surface area contributed by atoms with Crippen LogP contribution in [0, 0.1) is 0 Å². The van der Waals surface area contributed by atoms with E-state index in [-0.39, 0.29) is 12.1 Å². The topological polar surface area (TPSA) is 46.5 Å². The van der Waals surface area contributed by atoms with Gasteiger partial charge in [-0.2, -0.15) is 0 Å². The number of nitrogens with one attached hydrogen (secondary N) is 1. The number of hydrogen-bond acceptors (Lipinski definition) is 4. The summed E-state index contributed by atoms with van der Waals surface area (Å²) in [6.07, 6.45) is 8.95. The molecule has 5 nitrogen and oxygen atoms in total. The Balaban J connectivity index is 1.43. The van der Waals surface area contributed by atoms with Crippen molar-refractivity contribution in [2.75, 3.05) is 18.2 Å². The molecule has 2 amide bonds. The Labute approximate surface area is 226 Å². The third kappa shape index (κ3) is 4.55. The number of rotatable bonds is 5. The number of aryl methyl sites for hydroxylation is 1. The summed E-state index contributed by atoms with van der Waals surface area (Å²) in [6, 6.07) is 20.2. The molecule has 190 valence electrons. The van der Waals surface area contributed by atoms with E-state index in [4.69, 9.17) is 4.74 Å². The molecule has 3 heterocycles. The molecule has 0 bridgehead atoms. The van der Waals surface area contributed by atoms with E-state index in [0.717, 1.165) is 35.5 Å². The van der Waals surface area contributed by atoms with Crippen molar-refractivity contribution in [3.05, 3.63) is 94.1 Å². The number of carbonyl (C=O) groups is 1. The first-order valence-electron chi connectivity index (χ1n) is 12.9. The fourth-order valence-electron chi connectivity index (χ4n) is 5.52. The number of amides is 2. The highest BCUT2D eigenvalue weighted by molar-refractivity contribution is 7.98. The zero-order valence-corrected chi connectivity index (χ0v) is 22.8. The van der Waals surface area contributed by atoms with E-state index in [0.29, 0.717) is 13.2 Å². The summed E-state index contributed by atoms with van der Waals surface area (Å²) in [4.78, 5) is 18.8. The number of fused-ring (bicyclic) bond motifs is 5. The monoisotopic (exact) mass is 529 g/mol. The maximum absolute atomic E-state index is 14.0. The highest BCUT2D eigenvalue weighted by Gasteiger charge is 2.36. The van der Waals surface area contributed by atoms with E-state index in [1.165, 1.54) is 38.7 Å². The van der Waals surface area contributed by atoms with Gasteiger partial charge in [-0.1, -0.05) is 12.1 Å². The Morgan fingerprint density at radius 1 is 1.05 bits per heavy atom. The number of hydrogen-bond donors (Lipinski definition) is 1. The van der Waals surface area contributed by atoms with Crippen LogP contribution in [0.4, 0.5) is 10.5 Å². The molecule has 1 N–H and O–H groups in total. The van der Waals surface area contributed by atoms with Gasteiger partial charge in [0.1, 0.15) is 10.8 Å². The average molecular weight is 530 g/mol. The first-order chi connectivity index (χ1) is 18.2. The van der Waals surface area contributed by atoms with Crippen LogP contribution >= 0.6 is 23.1 Å². The van der Waals surface area contributed by atoms with Crippen LogP contribution in [0.1, 0.15) is 53.1 Å². The van der Waals surface area contributed by atoms with Gasteiger partial charge in [0.2, 0.25) is 0 Å². The lowest BCUT2D eigenvalue weighted by atomic mass is 9.95. The van der Waals surface area contributed by atoms with Gasteiger partial charge in [0.25, 0.3) is 0 Å². The molecule has 0 radical (unpaired) electrons.